The molecule has 162 valence electrons. The molecule has 2 amide bonds. The highest BCUT2D eigenvalue weighted by molar-refractivity contribution is 7.14. The molecular formula is C22H23N3O4S2. The largest absolute Gasteiger partial charge is 0.497 e. The van der Waals surface area contributed by atoms with Crippen molar-refractivity contribution < 1.29 is 19.1 Å². The first-order valence-corrected chi connectivity index (χ1v) is 11.6. The van der Waals surface area contributed by atoms with Crippen molar-refractivity contribution in [3.63, 3.8) is 0 Å². The second kappa shape index (κ2) is 9.49. The molecule has 0 fully saturated rings. The molecule has 0 saturated carbocycles. The smallest absolute Gasteiger partial charge is 0.226 e. The van der Waals surface area contributed by atoms with Crippen LogP contribution in [-0.4, -0.2) is 42.5 Å². The number of carbonyl (C=O) groups is 2. The molecule has 0 bridgehead atoms. The summed E-state index contributed by atoms with van der Waals surface area (Å²) in [5.41, 5.74) is 2.69. The summed E-state index contributed by atoms with van der Waals surface area (Å²) in [4.78, 5) is 32.6. The number of hydrogen-bond acceptors (Lipinski definition) is 7. The summed E-state index contributed by atoms with van der Waals surface area (Å²) in [5, 5.41) is 7.20. The molecular weight excluding hydrogens is 434 g/mol. The van der Waals surface area contributed by atoms with Gasteiger partial charge in [-0.15, -0.1) is 22.7 Å². The van der Waals surface area contributed by atoms with Gasteiger partial charge in [-0.1, -0.05) is 0 Å². The van der Waals surface area contributed by atoms with Crippen molar-refractivity contribution >= 4 is 39.6 Å². The normalized spacial score (nSPS) is 12.9. The molecule has 0 atom stereocenters. The van der Waals surface area contributed by atoms with Gasteiger partial charge in [-0.2, -0.15) is 0 Å². The second-order valence-electron chi connectivity index (χ2n) is 7.09. The third kappa shape index (κ3) is 4.88. The molecule has 9 heteroatoms. The number of anilines is 1. The zero-order valence-corrected chi connectivity index (χ0v) is 19.0. The minimum atomic E-state index is -0.222. The fraction of sp³-hybridized carbons (Fsp3) is 0.318. The maximum absolute atomic E-state index is 12.5. The van der Waals surface area contributed by atoms with Crippen molar-refractivity contribution in [1.29, 1.82) is 0 Å². The van der Waals surface area contributed by atoms with Crippen LogP contribution in [0.2, 0.25) is 0 Å². The van der Waals surface area contributed by atoms with E-state index in [0.717, 1.165) is 12.0 Å². The van der Waals surface area contributed by atoms with Crippen LogP contribution in [0.4, 0.5) is 5.13 Å². The lowest BCUT2D eigenvalue weighted by Crippen LogP contribution is -2.35. The van der Waals surface area contributed by atoms with E-state index in [1.54, 1.807) is 25.6 Å². The molecule has 1 N–H and O–H groups in total. The number of thiazole rings is 1. The quantitative estimate of drug-likeness (QED) is 0.575. The van der Waals surface area contributed by atoms with E-state index >= 15 is 0 Å². The minimum absolute atomic E-state index is 0.00736. The van der Waals surface area contributed by atoms with Crippen LogP contribution in [0, 0.1) is 0 Å². The number of nitrogens with zero attached hydrogens (tertiary/aromatic N) is 2. The number of hydrogen-bond donors (Lipinski definition) is 1. The van der Waals surface area contributed by atoms with E-state index in [1.807, 2.05) is 28.5 Å². The van der Waals surface area contributed by atoms with Crippen LogP contribution in [0.3, 0.4) is 0 Å². The fourth-order valence-corrected chi connectivity index (χ4v) is 5.11. The van der Waals surface area contributed by atoms with Crippen molar-refractivity contribution in [2.45, 2.75) is 25.8 Å². The molecule has 7 nitrogen and oxygen atoms in total. The molecule has 0 saturated heterocycles. The van der Waals surface area contributed by atoms with E-state index in [1.165, 1.54) is 21.8 Å². The molecule has 1 aliphatic heterocycles. The summed E-state index contributed by atoms with van der Waals surface area (Å²) in [6.45, 7) is 1.35. The average Bonchev–Trinajstić information content (AvgIpc) is 3.45. The van der Waals surface area contributed by atoms with Crippen molar-refractivity contribution in [2.24, 2.45) is 0 Å². The maximum atomic E-state index is 12.5. The Kier molecular flexibility index (Phi) is 6.53. The first-order chi connectivity index (χ1) is 15.1. The number of benzene rings is 1. The SMILES string of the molecule is COc1ccc(OC)c(-c2csc(NC(=O)CCC(=O)N3CCc4sccc4C3)n2)c1. The summed E-state index contributed by atoms with van der Waals surface area (Å²) in [6, 6.07) is 7.55. The Hall–Kier alpha value is -2.91. The third-order valence-corrected chi connectivity index (χ3v) is 6.94. The van der Waals surface area contributed by atoms with E-state index in [4.69, 9.17) is 9.47 Å². The van der Waals surface area contributed by atoms with Crippen molar-refractivity contribution in [3.8, 4) is 22.8 Å². The Labute approximate surface area is 188 Å². The number of fused-ring (bicyclic) bond motifs is 1. The fourth-order valence-electron chi connectivity index (χ4n) is 3.49. The Bertz CT molecular complexity index is 1090. The lowest BCUT2D eigenvalue weighted by atomic mass is 10.1. The number of thiophene rings is 1. The lowest BCUT2D eigenvalue weighted by molar-refractivity contribution is -0.133. The van der Waals surface area contributed by atoms with Crippen molar-refractivity contribution in [1.82, 2.24) is 9.88 Å². The molecule has 31 heavy (non-hydrogen) atoms. The minimum Gasteiger partial charge on any atom is -0.497 e. The van der Waals surface area contributed by atoms with E-state index in [0.29, 0.717) is 35.4 Å². The molecule has 1 aliphatic rings. The van der Waals surface area contributed by atoms with Gasteiger partial charge in [-0.25, -0.2) is 4.98 Å². The number of ether oxygens (including phenoxy) is 2. The van der Waals surface area contributed by atoms with E-state index in [-0.39, 0.29) is 24.7 Å². The standard InChI is InChI=1S/C22H23N3O4S2/c1-28-15-3-4-18(29-2)16(11-15)17-13-31-22(23-17)24-20(26)5-6-21(27)25-9-7-19-14(12-25)8-10-30-19/h3-4,8,10-11,13H,5-7,9,12H2,1-2H3,(H,23,24,26). The Balaban J connectivity index is 1.33. The zero-order valence-electron chi connectivity index (χ0n) is 17.3. The van der Waals surface area contributed by atoms with Crippen molar-refractivity contribution in [2.75, 3.05) is 26.1 Å². The number of carbonyl (C=O) groups excluding carboxylic acids is 2. The van der Waals surface area contributed by atoms with Crippen LogP contribution in [0.5, 0.6) is 11.5 Å². The number of aromatic nitrogens is 1. The zero-order chi connectivity index (χ0) is 21.8. The summed E-state index contributed by atoms with van der Waals surface area (Å²) >= 11 is 3.07. The van der Waals surface area contributed by atoms with Gasteiger partial charge in [-0.3, -0.25) is 9.59 Å². The predicted molar refractivity (Wildman–Crippen MR) is 122 cm³/mol. The molecule has 4 rings (SSSR count). The molecule has 2 aromatic heterocycles. The molecule has 0 unspecified atom stereocenters. The first-order valence-electron chi connectivity index (χ1n) is 9.88. The van der Waals surface area contributed by atoms with Crippen molar-refractivity contribution in [3.05, 3.63) is 45.5 Å². The Morgan fingerprint density at radius 2 is 2.03 bits per heavy atom. The third-order valence-electron chi connectivity index (χ3n) is 5.16. The monoisotopic (exact) mass is 457 g/mol. The molecule has 1 aromatic carbocycles. The summed E-state index contributed by atoms with van der Waals surface area (Å²) in [7, 11) is 3.20. The lowest BCUT2D eigenvalue weighted by Gasteiger charge is -2.27. The summed E-state index contributed by atoms with van der Waals surface area (Å²) in [6.07, 6.45) is 1.21. The van der Waals surface area contributed by atoms with Crippen LogP contribution in [0.1, 0.15) is 23.3 Å². The second-order valence-corrected chi connectivity index (χ2v) is 8.95. The van der Waals surface area contributed by atoms with E-state index in [2.05, 4.69) is 21.7 Å². The predicted octanol–water partition coefficient (Wildman–Crippen LogP) is 4.19. The maximum Gasteiger partial charge on any atom is 0.226 e. The van der Waals surface area contributed by atoms with Gasteiger partial charge in [0, 0.05) is 41.8 Å². The van der Waals surface area contributed by atoms with Crippen LogP contribution in [0.25, 0.3) is 11.3 Å². The number of amides is 2. The van der Waals surface area contributed by atoms with Crippen LogP contribution in [-0.2, 0) is 22.6 Å². The molecule has 0 aliphatic carbocycles. The van der Waals surface area contributed by atoms with E-state index in [9.17, 15) is 9.59 Å². The van der Waals surface area contributed by atoms with Crippen LogP contribution < -0.4 is 14.8 Å². The molecule has 3 heterocycles. The van der Waals surface area contributed by atoms with Gasteiger partial charge in [0.05, 0.1) is 19.9 Å². The van der Waals surface area contributed by atoms with Crippen LogP contribution >= 0.6 is 22.7 Å². The Morgan fingerprint density at radius 3 is 2.84 bits per heavy atom. The number of methoxy groups -OCH3 is 2. The van der Waals surface area contributed by atoms with Gasteiger partial charge in [0.2, 0.25) is 11.8 Å². The average molecular weight is 458 g/mol. The number of nitrogens with one attached hydrogen (secondary N) is 1. The topological polar surface area (TPSA) is 80.8 Å². The van der Waals surface area contributed by atoms with Crippen LogP contribution in [0.15, 0.2) is 35.0 Å². The molecule has 0 radical (unpaired) electrons. The highest BCUT2D eigenvalue weighted by Crippen LogP contribution is 2.35. The van der Waals surface area contributed by atoms with Gasteiger partial charge in [0.15, 0.2) is 5.13 Å². The van der Waals surface area contributed by atoms with Gasteiger partial charge in [-0.05, 0) is 41.6 Å². The Morgan fingerprint density at radius 1 is 1.16 bits per heavy atom. The first kappa shape index (κ1) is 21.3. The molecule has 3 aromatic rings. The summed E-state index contributed by atoms with van der Waals surface area (Å²) < 4.78 is 10.7. The highest BCUT2D eigenvalue weighted by Gasteiger charge is 2.22. The number of rotatable bonds is 7. The molecule has 0 spiro atoms. The van der Waals surface area contributed by atoms with Gasteiger partial charge in [0.1, 0.15) is 11.5 Å². The van der Waals surface area contributed by atoms with Gasteiger partial charge < -0.3 is 19.7 Å². The van der Waals surface area contributed by atoms with Gasteiger partial charge in [0.25, 0.3) is 0 Å². The van der Waals surface area contributed by atoms with E-state index < -0.39 is 0 Å². The highest BCUT2D eigenvalue weighted by atomic mass is 32.1. The summed E-state index contributed by atoms with van der Waals surface area (Å²) in [5.74, 6) is 1.15. The van der Waals surface area contributed by atoms with Gasteiger partial charge >= 0.3 is 0 Å².